The number of benzene rings is 2. The maximum Gasteiger partial charge on any atom is 0.399 e. The van der Waals surface area contributed by atoms with E-state index in [1.54, 1.807) is 6.07 Å². The molecule has 2 atom stereocenters. The largest absolute Gasteiger partial charge is 0.399 e. The molecule has 0 spiro atoms. The van der Waals surface area contributed by atoms with Gasteiger partial charge in [0.05, 0.1) is 21.0 Å². The van der Waals surface area contributed by atoms with Crippen molar-refractivity contribution in [2.75, 3.05) is 6.54 Å². The Labute approximate surface area is 205 Å². The van der Waals surface area contributed by atoms with E-state index >= 15 is 0 Å². The highest BCUT2D eigenvalue weighted by molar-refractivity contribution is 7.80. The first-order valence-electron chi connectivity index (χ1n) is 9.94. The number of aryl methyl sites for hydroxylation is 1. The number of nitrogens with one attached hydrogen (secondary N) is 1. The van der Waals surface area contributed by atoms with Crippen LogP contribution in [0.15, 0.2) is 41.4 Å². The molecular formula is C23H20Cl3F3N2S. The summed E-state index contributed by atoms with van der Waals surface area (Å²) in [6, 6.07) is 8.05. The van der Waals surface area contributed by atoms with Crippen molar-refractivity contribution >= 4 is 64.4 Å². The van der Waals surface area contributed by atoms with E-state index in [9.17, 15) is 13.2 Å². The average Bonchev–Trinajstić information content (AvgIpc) is 3.12. The first kappa shape index (κ1) is 25.0. The van der Waals surface area contributed by atoms with E-state index in [1.165, 1.54) is 18.2 Å². The Kier molecular flexibility index (Phi) is 8.26. The highest BCUT2D eigenvalue weighted by Crippen LogP contribution is 2.41. The summed E-state index contributed by atoms with van der Waals surface area (Å²) in [7, 11) is 0. The number of fused-ring (bicyclic) bond motifs is 1. The zero-order valence-corrected chi connectivity index (χ0v) is 20.1. The third-order valence-electron chi connectivity index (χ3n) is 5.19. The Balaban J connectivity index is 1.83. The van der Waals surface area contributed by atoms with Gasteiger partial charge in [0.25, 0.3) is 0 Å². The maximum atomic E-state index is 13.7. The number of rotatable bonds is 5. The number of halogens is 6. The van der Waals surface area contributed by atoms with E-state index in [-0.39, 0.29) is 26.5 Å². The van der Waals surface area contributed by atoms with Crippen LogP contribution in [0.25, 0.3) is 6.08 Å². The molecule has 2 unspecified atom stereocenters. The number of alkyl halides is 3. The van der Waals surface area contributed by atoms with Crippen LogP contribution in [0.1, 0.15) is 47.4 Å². The highest BCUT2D eigenvalue weighted by Gasteiger charge is 2.39. The summed E-state index contributed by atoms with van der Waals surface area (Å²) in [5.41, 5.74) is 2.83. The van der Waals surface area contributed by atoms with Gasteiger partial charge in [-0.2, -0.15) is 13.2 Å². The molecule has 0 heterocycles. The van der Waals surface area contributed by atoms with Gasteiger partial charge >= 0.3 is 6.18 Å². The van der Waals surface area contributed by atoms with Crippen molar-refractivity contribution in [2.24, 2.45) is 4.99 Å². The zero-order valence-electron chi connectivity index (χ0n) is 17.0. The van der Waals surface area contributed by atoms with E-state index in [0.717, 1.165) is 30.0 Å². The van der Waals surface area contributed by atoms with Crippen LogP contribution in [0.3, 0.4) is 0 Å². The summed E-state index contributed by atoms with van der Waals surface area (Å²) in [5.74, 6) is -1.73. The second-order valence-electron chi connectivity index (χ2n) is 7.39. The molecule has 3 rings (SSSR count). The molecule has 1 N–H and O–H groups in total. The van der Waals surface area contributed by atoms with E-state index in [4.69, 9.17) is 47.0 Å². The van der Waals surface area contributed by atoms with Crippen molar-refractivity contribution in [1.82, 2.24) is 5.32 Å². The summed E-state index contributed by atoms with van der Waals surface area (Å²) in [6.45, 7) is 2.65. The molecule has 0 amide bonds. The molecule has 1 aliphatic carbocycles. The predicted octanol–water partition coefficient (Wildman–Crippen LogP) is 8.00. The van der Waals surface area contributed by atoms with Gasteiger partial charge in [-0.05, 0) is 66.4 Å². The lowest BCUT2D eigenvalue weighted by Gasteiger charge is -2.18. The molecule has 170 valence electrons. The minimum Gasteiger partial charge on any atom is -0.361 e. The standard InChI is InChI=1S/C23H20Cl3F3N2S/c1-2-30-22(32)31-12-15-6-5-14-9-13(3-7-17(14)15)4-8-18(23(27,28)29)16-10-19(24)21(26)20(25)11-16/h3-4,7-12,15,18H,2,5-6H2,1H3,(H,30,32)/b8-4+,31-12?. The van der Waals surface area contributed by atoms with Crippen LogP contribution < -0.4 is 5.32 Å². The number of thiocarbonyl (C=S) groups is 1. The predicted molar refractivity (Wildman–Crippen MR) is 132 cm³/mol. The smallest absolute Gasteiger partial charge is 0.361 e. The molecule has 0 saturated heterocycles. The van der Waals surface area contributed by atoms with Crippen molar-refractivity contribution in [1.29, 1.82) is 0 Å². The summed E-state index contributed by atoms with van der Waals surface area (Å²) in [5, 5.41) is 3.42. The van der Waals surface area contributed by atoms with Gasteiger partial charge in [0, 0.05) is 18.7 Å². The van der Waals surface area contributed by atoms with Gasteiger partial charge in [-0.1, -0.05) is 65.2 Å². The molecule has 0 fully saturated rings. The fourth-order valence-corrected chi connectivity index (χ4v) is 4.47. The Bertz CT molecular complexity index is 1040. The molecule has 2 nitrogen and oxygen atoms in total. The topological polar surface area (TPSA) is 24.4 Å². The first-order valence-corrected chi connectivity index (χ1v) is 11.5. The third kappa shape index (κ3) is 6.04. The summed E-state index contributed by atoms with van der Waals surface area (Å²) >= 11 is 22.9. The SMILES string of the molecule is CCNC(=S)N=CC1CCc2cc(/C=C/C(c3cc(Cl)c(Cl)c(Cl)c3)C(F)(F)F)ccc21. The second kappa shape index (κ2) is 10.6. The van der Waals surface area contributed by atoms with E-state index in [2.05, 4.69) is 10.3 Å². The molecule has 2 aromatic rings. The highest BCUT2D eigenvalue weighted by atomic mass is 35.5. The normalized spacial score (nSPS) is 17.2. The number of aliphatic imine (C=N–C) groups is 1. The van der Waals surface area contributed by atoms with Gasteiger partial charge in [0.15, 0.2) is 5.11 Å². The van der Waals surface area contributed by atoms with Crippen molar-refractivity contribution in [3.05, 3.63) is 73.7 Å². The third-order valence-corrected chi connectivity index (χ3v) is 6.64. The van der Waals surface area contributed by atoms with Crippen LogP contribution in [-0.2, 0) is 6.42 Å². The lowest BCUT2D eigenvalue weighted by atomic mass is 9.96. The summed E-state index contributed by atoms with van der Waals surface area (Å²) < 4.78 is 41.2. The van der Waals surface area contributed by atoms with Crippen LogP contribution in [0.5, 0.6) is 0 Å². The monoisotopic (exact) mass is 518 g/mol. The molecule has 2 aromatic carbocycles. The summed E-state index contributed by atoms with van der Waals surface area (Å²) in [6.07, 6.45) is 1.61. The van der Waals surface area contributed by atoms with E-state index in [1.807, 2.05) is 25.3 Å². The first-order chi connectivity index (χ1) is 15.1. The Morgan fingerprint density at radius 3 is 2.53 bits per heavy atom. The van der Waals surface area contributed by atoms with Gasteiger partial charge < -0.3 is 5.32 Å². The molecule has 0 radical (unpaired) electrons. The van der Waals surface area contributed by atoms with Crippen LogP contribution in [-0.4, -0.2) is 24.0 Å². The molecule has 9 heteroatoms. The van der Waals surface area contributed by atoms with E-state index in [0.29, 0.717) is 17.2 Å². The number of hydrogen-bond acceptors (Lipinski definition) is 1. The fourth-order valence-electron chi connectivity index (χ4n) is 3.65. The lowest BCUT2D eigenvalue weighted by Crippen LogP contribution is -2.19. The van der Waals surface area contributed by atoms with Crippen molar-refractivity contribution < 1.29 is 13.2 Å². The average molecular weight is 520 g/mol. The number of nitrogens with zero attached hydrogens (tertiary/aromatic N) is 1. The zero-order chi connectivity index (χ0) is 23.5. The summed E-state index contributed by atoms with van der Waals surface area (Å²) in [4.78, 5) is 4.28. The second-order valence-corrected chi connectivity index (χ2v) is 8.97. The van der Waals surface area contributed by atoms with Gasteiger partial charge in [-0.15, -0.1) is 0 Å². The molecule has 0 saturated carbocycles. The van der Waals surface area contributed by atoms with Crippen molar-refractivity contribution in [3.63, 3.8) is 0 Å². The van der Waals surface area contributed by atoms with Gasteiger partial charge in [-0.25, -0.2) is 4.99 Å². The fraction of sp³-hybridized carbons (Fsp3) is 0.304. The van der Waals surface area contributed by atoms with Gasteiger partial charge in [0.2, 0.25) is 0 Å². The quantitative estimate of drug-likeness (QED) is 0.246. The molecule has 0 aromatic heterocycles. The Hall–Kier alpha value is -1.60. The van der Waals surface area contributed by atoms with Gasteiger partial charge in [-0.3, -0.25) is 0 Å². The van der Waals surface area contributed by atoms with Crippen LogP contribution in [0, 0.1) is 0 Å². The Morgan fingerprint density at radius 2 is 1.91 bits per heavy atom. The van der Waals surface area contributed by atoms with Crippen LogP contribution >= 0.6 is 47.0 Å². The lowest BCUT2D eigenvalue weighted by molar-refractivity contribution is -0.139. The number of hydrogen-bond donors (Lipinski definition) is 1. The minimum atomic E-state index is -4.51. The van der Waals surface area contributed by atoms with E-state index < -0.39 is 12.1 Å². The molecule has 32 heavy (non-hydrogen) atoms. The molecule has 0 aliphatic heterocycles. The Morgan fingerprint density at radius 1 is 1.22 bits per heavy atom. The van der Waals surface area contributed by atoms with Crippen LogP contribution in [0.2, 0.25) is 15.1 Å². The minimum absolute atomic E-state index is 0.0179. The maximum absolute atomic E-state index is 13.7. The van der Waals surface area contributed by atoms with Crippen LogP contribution in [0.4, 0.5) is 13.2 Å². The van der Waals surface area contributed by atoms with Crippen molar-refractivity contribution in [2.45, 2.75) is 37.8 Å². The molecular weight excluding hydrogens is 500 g/mol. The van der Waals surface area contributed by atoms with Gasteiger partial charge in [0.1, 0.15) is 0 Å². The molecule has 1 aliphatic rings. The molecule has 0 bridgehead atoms. The number of allylic oxidation sites excluding steroid dienone is 1. The van der Waals surface area contributed by atoms with Crippen molar-refractivity contribution in [3.8, 4) is 0 Å².